The summed E-state index contributed by atoms with van der Waals surface area (Å²) >= 11 is 0. The first kappa shape index (κ1) is 15.7. The smallest absolute Gasteiger partial charge is 0.227 e. The second kappa shape index (κ2) is 6.60. The first-order chi connectivity index (χ1) is 11.7. The van der Waals surface area contributed by atoms with Gasteiger partial charge in [-0.1, -0.05) is 12.1 Å². The molecule has 0 aliphatic carbocycles. The van der Waals surface area contributed by atoms with Crippen LogP contribution in [0, 0.1) is 18.8 Å². The van der Waals surface area contributed by atoms with Crippen molar-refractivity contribution in [2.24, 2.45) is 11.8 Å². The van der Waals surface area contributed by atoms with Crippen molar-refractivity contribution in [2.75, 3.05) is 26.3 Å². The van der Waals surface area contributed by atoms with E-state index in [1.807, 2.05) is 11.1 Å². The van der Waals surface area contributed by atoms with Gasteiger partial charge in [0.15, 0.2) is 0 Å². The molecule has 2 aromatic rings. The number of ether oxygens (including phenoxy) is 1. The highest BCUT2D eigenvalue weighted by Crippen LogP contribution is 2.29. The zero-order chi connectivity index (χ0) is 16.5. The van der Waals surface area contributed by atoms with Crippen molar-refractivity contribution in [1.29, 1.82) is 0 Å². The Labute approximate surface area is 143 Å². The predicted octanol–water partition coefficient (Wildman–Crippen LogP) is 3.29. The van der Waals surface area contributed by atoms with Crippen molar-refractivity contribution in [3.63, 3.8) is 0 Å². The Kier molecular flexibility index (Phi) is 4.31. The van der Waals surface area contributed by atoms with Gasteiger partial charge in [-0.2, -0.15) is 0 Å². The van der Waals surface area contributed by atoms with Crippen LogP contribution in [0.1, 0.15) is 30.4 Å². The molecule has 0 radical (unpaired) electrons. The van der Waals surface area contributed by atoms with Gasteiger partial charge < -0.3 is 14.6 Å². The Balaban J connectivity index is 1.31. The number of benzene rings is 1. The first-order valence-corrected chi connectivity index (χ1v) is 9.11. The Hall–Kier alpha value is -1.81. The molecule has 1 N–H and O–H groups in total. The summed E-state index contributed by atoms with van der Waals surface area (Å²) in [6, 6.07) is 6.36. The molecule has 0 bridgehead atoms. The monoisotopic (exact) mass is 326 g/mol. The first-order valence-electron chi connectivity index (χ1n) is 9.11. The van der Waals surface area contributed by atoms with E-state index < -0.39 is 0 Å². The molecule has 0 atom stereocenters. The normalized spacial score (nSPS) is 19.6. The number of H-pyrrole nitrogens is 1. The van der Waals surface area contributed by atoms with Crippen LogP contribution in [0.5, 0.6) is 0 Å². The lowest BCUT2D eigenvalue weighted by Crippen LogP contribution is -2.51. The minimum absolute atomic E-state index is 0.264. The number of aryl methyl sites for hydroxylation is 1. The number of hydrogen-bond donors (Lipinski definition) is 1. The van der Waals surface area contributed by atoms with E-state index in [2.05, 4.69) is 30.1 Å². The average molecular weight is 326 g/mol. The van der Waals surface area contributed by atoms with Crippen LogP contribution in [0.4, 0.5) is 0 Å². The summed E-state index contributed by atoms with van der Waals surface area (Å²) < 4.78 is 5.43. The maximum atomic E-state index is 12.5. The van der Waals surface area contributed by atoms with E-state index in [-0.39, 0.29) is 5.91 Å². The fourth-order valence-corrected chi connectivity index (χ4v) is 4.10. The third-order valence-corrected chi connectivity index (χ3v) is 5.58. The number of carbonyl (C=O) groups is 1. The number of likely N-dealkylation sites (tertiary alicyclic amines) is 1. The summed E-state index contributed by atoms with van der Waals surface area (Å²) in [4.78, 5) is 17.8. The quantitative estimate of drug-likeness (QED) is 0.937. The fourth-order valence-electron chi connectivity index (χ4n) is 4.10. The third-order valence-electron chi connectivity index (χ3n) is 5.58. The molecule has 0 spiro atoms. The summed E-state index contributed by atoms with van der Waals surface area (Å²) in [5.41, 5.74) is 3.47. The van der Waals surface area contributed by atoms with Gasteiger partial charge in [0.1, 0.15) is 0 Å². The van der Waals surface area contributed by atoms with Crippen LogP contribution in [0.25, 0.3) is 10.9 Å². The van der Waals surface area contributed by atoms with Crippen molar-refractivity contribution in [1.82, 2.24) is 9.88 Å². The Morgan fingerprint density at radius 2 is 2.04 bits per heavy atom. The van der Waals surface area contributed by atoms with Crippen molar-refractivity contribution in [3.05, 3.63) is 35.5 Å². The second-order valence-corrected chi connectivity index (χ2v) is 7.50. The van der Waals surface area contributed by atoms with Gasteiger partial charge in [0.25, 0.3) is 0 Å². The molecule has 0 saturated carbocycles. The maximum absolute atomic E-state index is 12.5. The standard InChI is InChI=1S/C20H26N2O2/c1-14-2-3-18-17(11-21-19(18)8-14)10-20(23)22-12-16(13-22)9-15-4-6-24-7-5-15/h2-3,8,11,15-16,21H,4-7,9-10,12-13H2,1H3. The Morgan fingerprint density at radius 3 is 2.83 bits per heavy atom. The SMILES string of the molecule is Cc1ccc2c(CC(=O)N3CC(CC4CCOCC4)C3)c[nH]c2c1. The minimum atomic E-state index is 0.264. The highest BCUT2D eigenvalue weighted by molar-refractivity contribution is 5.89. The molecule has 24 heavy (non-hydrogen) atoms. The van der Waals surface area contributed by atoms with Gasteiger partial charge in [-0.25, -0.2) is 0 Å². The van der Waals surface area contributed by atoms with Crippen molar-refractivity contribution in [2.45, 2.75) is 32.6 Å². The van der Waals surface area contributed by atoms with Crippen LogP contribution in [-0.2, 0) is 16.0 Å². The predicted molar refractivity (Wildman–Crippen MR) is 95.0 cm³/mol. The largest absolute Gasteiger partial charge is 0.381 e. The summed E-state index contributed by atoms with van der Waals surface area (Å²) in [6.45, 7) is 5.80. The van der Waals surface area contributed by atoms with Crippen molar-refractivity contribution in [3.8, 4) is 0 Å². The van der Waals surface area contributed by atoms with E-state index in [4.69, 9.17) is 4.74 Å². The average Bonchev–Trinajstić information content (AvgIpc) is 2.93. The minimum Gasteiger partial charge on any atom is -0.381 e. The molecule has 128 valence electrons. The van der Waals surface area contributed by atoms with Gasteiger partial charge in [0.05, 0.1) is 6.42 Å². The van der Waals surface area contributed by atoms with Gasteiger partial charge in [0.2, 0.25) is 5.91 Å². The van der Waals surface area contributed by atoms with Gasteiger partial charge in [-0.05, 0) is 55.2 Å². The fraction of sp³-hybridized carbons (Fsp3) is 0.550. The molecular formula is C20H26N2O2. The molecule has 1 aromatic heterocycles. The summed E-state index contributed by atoms with van der Waals surface area (Å²) in [6.07, 6.45) is 6.15. The van der Waals surface area contributed by atoms with Crippen LogP contribution in [0.3, 0.4) is 0 Å². The maximum Gasteiger partial charge on any atom is 0.227 e. The van der Waals surface area contributed by atoms with Crippen LogP contribution in [0.2, 0.25) is 0 Å². The number of carbonyl (C=O) groups excluding carboxylic acids is 1. The molecule has 0 unspecified atom stereocenters. The molecule has 4 heteroatoms. The number of rotatable bonds is 4. The van der Waals surface area contributed by atoms with E-state index in [9.17, 15) is 4.79 Å². The molecule has 1 amide bonds. The van der Waals surface area contributed by atoms with Gasteiger partial charge in [0, 0.05) is 43.4 Å². The lowest BCUT2D eigenvalue weighted by Gasteiger charge is -2.41. The molecule has 1 aromatic carbocycles. The molecule has 4 rings (SSSR count). The van der Waals surface area contributed by atoms with E-state index in [0.29, 0.717) is 12.3 Å². The molecule has 2 fully saturated rings. The third kappa shape index (κ3) is 3.20. The van der Waals surface area contributed by atoms with Crippen LogP contribution in [-0.4, -0.2) is 42.1 Å². The lowest BCUT2D eigenvalue weighted by molar-refractivity contribution is -0.137. The Bertz CT molecular complexity index is 724. The molecule has 2 aliphatic heterocycles. The van der Waals surface area contributed by atoms with Crippen molar-refractivity contribution < 1.29 is 9.53 Å². The van der Waals surface area contributed by atoms with Crippen LogP contribution in [0.15, 0.2) is 24.4 Å². The van der Waals surface area contributed by atoms with E-state index in [1.165, 1.54) is 30.2 Å². The Morgan fingerprint density at radius 1 is 1.25 bits per heavy atom. The molecule has 2 saturated heterocycles. The number of amides is 1. The van der Waals surface area contributed by atoms with Gasteiger partial charge in [-0.15, -0.1) is 0 Å². The summed E-state index contributed by atoms with van der Waals surface area (Å²) in [5.74, 6) is 1.76. The highest BCUT2D eigenvalue weighted by atomic mass is 16.5. The number of nitrogens with one attached hydrogen (secondary N) is 1. The van der Waals surface area contributed by atoms with Crippen LogP contribution >= 0.6 is 0 Å². The zero-order valence-corrected chi connectivity index (χ0v) is 14.4. The van der Waals surface area contributed by atoms with Crippen molar-refractivity contribution >= 4 is 16.8 Å². The number of aromatic nitrogens is 1. The lowest BCUT2D eigenvalue weighted by atomic mass is 9.84. The second-order valence-electron chi connectivity index (χ2n) is 7.50. The van der Waals surface area contributed by atoms with E-state index in [1.54, 1.807) is 0 Å². The number of fused-ring (bicyclic) bond motifs is 1. The van der Waals surface area contributed by atoms with E-state index in [0.717, 1.165) is 43.3 Å². The summed E-state index contributed by atoms with van der Waals surface area (Å²) in [7, 11) is 0. The molecule has 3 heterocycles. The number of nitrogens with zero attached hydrogens (tertiary/aromatic N) is 1. The highest BCUT2D eigenvalue weighted by Gasteiger charge is 2.32. The molecule has 4 nitrogen and oxygen atoms in total. The van der Waals surface area contributed by atoms with Gasteiger partial charge >= 0.3 is 0 Å². The molecule has 2 aliphatic rings. The number of aromatic amines is 1. The number of hydrogen-bond acceptors (Lipinski definition) is 2. The summed E-state index contributed by atoms with van der Waals surface area (Å²) in [5, 5.41) is 1.17. The van der Waals surface area contributed by atoms with Gasteiger partial charge in [-0.3, -0.25) is 4.79 Å². The van der Waals surface area contributed by atoms with E-state index >= 15 is 0 Å². The zero-order valence-electron chi connectivity index (χ0n) is 14.4. The van der Waals surface area contributed by atoms with Crippen LogP contribution < -0.4 is 0 Å². The molecular weight excluding hydrogens is 300 g/mol. The topological polar surface area (TPSA) is 45.3 Å².